The number of hydrogen-bond donors (Lipinski definition) is 1. The number of rotatable bonds is 5. The van der Waals surface area contributed by atoms with Crippen LogP contribution in [0.5, 0.6) is 0 Å². The minimum Gasteiger partial charge on any atom is -0.366 e. The average Bonchev–Trinajstić information content (AvgIpc) is 2.61. The molecule has 3 rings (SSSR count). The van der Waals surface area contributed by atoms with Gasteiger partial charge in [0.1, 0.15) is 5.03 Å². The van der Waals surface area contributed by atoms with Crippen LogP contribution >= 0.6 is 23.4 Å². The van der Waals surface area contributed by atoms with Gasteiger partial charge in [-0.1, -0.05) is 65.8 Å². The molecule has 0 aliphatic heterocycles. The third kappa shape index (κ3) is 3.78. The molecular weight excluding hydrogens is 340 g/mol. The number of halogens is 1. The minimum absolute atomic E-state index is 0.0172. The number of aromatic nitrogens is 1. The lowest BCUT2D eigenvalue weighted by Crippen LogP contribution is -2.13. The third-order valence-corrected chi connectivity index (χ3v) is 5.12. The lowest BCUT2D eigenvalue weighted by atomic mass is 10.0. The summed E-state index contributed by atoms with van der Waals surface area (Å²) in [6, 6.07) is 21.2. The first-order valence-corrected chi connectivity index (χ1v) is 8.63. The smallest absolute Gasteiger partial charge is 0.251 e. The second-order valence-corrected chi connectivity index (χ2v) is 6.71. The van der Waals surface area contributed by atoms with Gasteiger partial charge in [0.25, 0.3) is 5.91 Å². The number of pyridine rings is 1. The van der Waals surface area contributed by atoms with Crippen LogP contribution in [-0.2, 0) is 0 Å². The Bertz CT molecular complexity index is 838. The van der Waals surface area contributed by atoms with Crippen molar-refractivity contribution < 1.29 is 4.79 Å². The molecule has 0 radical (unpaired) electrons. The molecule has 5 heteroatoms. The maximum Gasteiger partial charge on any atom is 0.251 e. The molecular formula is C19H15ClN2OS. The Labute approximate surface area is 149 Å². The van der Waals surface area contributed by atoms with Gasteiger partial charge in [-0.15, -0.1) is 0 Å². The maximum atomic E-state index is 11.7. The summed E-state index contributed by atoms with van der Waals surface area (Å²) in [4.78, 5) is 16.0. The van der Waals surface area contributed by atoms with E-state index in [9.17, 15) is 4.79 Å². The molecule has 0 aliphatic rings. The molecule has 3 nitrogen and oxygen atoms in total. The Kier molecular flexibility index (Phi) is 5.18. The highest BCUT2D eigenvalue weighted by molar-refractivity contribution is 7.99. The number of carbonyl (C=O) groups is 1. The van der Waals surface area contributed by atoms with Crippen molar-refractivity contribution in [2.24, 2.45) is 5.73 Å². The molecule has 0 spiro atoms. The zero-order valence-corrected chi connectivity index (χ0v) is 14.3. The molecule has 0 aliphatic carbocycles. The number of primary amides is 1. The van der Waals surface area contributed by atoms with Gasteiger partial charge in [0, 0.05) is 11.2 Å². The summed E-state index contributed by atoms with van der Waals surface area (Å²) in [5, 5.41) is 1.29. The summed E-state index contributed by atoms with van der Waals surface area (Å²) in [6.07, 6.45) is 1.67. The molecule has 1 atom stereocenters. The molecule has 0 saturated carbocycles. The number of hydrogen-bond acceptors (Lipinski definition) is 3. The van der Waals surface area contributed by atoms with E-state index in [4.69, 9.17) is 17.3 Å². The molecule has 0 fully saturated rings. The number of nitrogens with zero attached hydrogens (tertiary/aromatic N) is 1. The number of carbonyl (C=O) groups excluding carboxylic acids is 1. The van der Waals surface area contributed by atoms with Crippen molar-refractivity contribution in [1.29, 1.82) is 0 Å². The lowest BCUT2D eigenvalue weighted by Gasteiger charge is -2.18. The summed E-state index contributed by atoms with van der Waals surface area (Å²) in [5.41, 5.74) is 8.10. The van der Waals surface area contributed by atoms with Gasteiger partial charge < -0.3 is 5.73 Å². The number of nitrogens with two attached hydrogens (primary N) is 1. The van der Waals surface area contributed by atoms with Crippen LogP contribution in [0.15, 0.2) is 78.0 Å². The third-order valence-electron chi connectivity index (χ3n) is 3.54. The topological polar surface area (TPSA) is 56.0 Å². The predicted molar refractivity (Wildman–Crippen MR) is 98.3 cm³/mol. The zero-order valence-electron chi connectivity index (χ0n) is 12.7. The highest BCUT2D eigenvalue weighted by Crippen LogP contribution is 2.40. The van der Waals surface area contributed by atoms with E-state index in [0.717, 1.165) is 11.1 Å². The zero-order chi connectivity index (χ0) is 16.9. The fourth-order valence-corrected chi connectivity index (χ4v) is 3.73. The summed E-state index contributed by atoms with van der Waals surface area (Å²) in [6.45, 7) is 0. The van der Waals surface area contributed by atoms with E-state index in [2.05, 4.69) is 17.1 Å². The average molecular weight is 355 g/mol. The first-order chi connectivity index (χ1) is 11.6. The van der Waals surface area contributed by atoms with Gasteiger partial charge in [0.05, 0.1) is 10.8 Å². The molecule has 2 N–H and O–H groups in total. The molecule has 0 bridgehead atoms. The SMILES string of the molecule is NC(=O)c1cccnc1S[C@@H](c1ccccc1)c1ccc(Cl)cc1. The van der Waals surface area contributed by atoms with E-state index in [1.807, 2.05) is 42.5 Å². The molecule has 120 valence electrons. The van der Waals surface area contributed by atoms with Crippen LogP contribution in [0.1, 0.15) is 26.7 Å². The maximum absolute atomic E-state index is 11.7. The Morgan fingerprint density at radius 3 is 2.29 bits per heavy atom. The van der Waals surface area contributed by atoms with E-state index >= 15 is 0 Å². The summed E-state index contributed by atoms with van der Waals surface area (Å²) >= 11 is 7.51. The van der Waals surface area contributed by atoms with Crippen LogP contribution in [0.25, 0.3) is 0 Å². The molecule has 24 heavy (non-hydrogen) atoms. The number of amides is 1. The van der Waals surface area contributed by atoms with Gasteiger partial charge in [0.15, 0.2) is 0 Å². The molecule has 2 aromatic carbocycles. The van der Waals surface area contributed by atoms with Crippen molar-refractivity contribution in [3.63, 3.8) is 0 Å². The van der Waals surface area contributed by atoms with Gasteiger partial charge in [-0.25, -0.2) is 4.98 Å². The van der Waals surface area contributed by atoms with Crippen LogP contribution < -0.4 is 5.73 Å². The van der Waals surface area contributed by atoms with Crippen LogP contribution in [0.4, 0.5) is 0 Å². The van der Waals surface area contributed by atoms with E-state index in [0.29, 0.717) is 15.6 Å². The van der Waals surface area contributed by atoms with Crippen molar-refractivity contribution in [1.82, 2.24) is 4.98 Å². The Hall–Kier alpha value is -2.30. The second-order valence-electron chi connectivity index (χ2n) is 5.18. The Balaban J connectivity index is 2.03. The standard InChI is InChI=1S/C19H15ClN2OS/c20-15-10-8-14(9-11-15)17(13-5-2-1-3-6-13)24-19-16(18(21)23)7-4-12-22-19/h1-12,17H,(H2,21,23)/t17-/m0/s1. The summed E-state index contributed by atoms with van der Waals surface area (Å²) < 4.78 is 0. The fraction of sp³-hybridized carbons (Fsp3) is 0.0526. The van der Waals surface area contributed by atoms with Crippen LogP contribution in [0.2, 0.25) is 5.02 Å². The molecule has 1 heterocycles. The van der Waals surface area contributed by atoms with Crippen LogP contribution in [0, 0.1) is 0 Å². The predicted octanol–water partition coefficient (Wildman–Crippen LogP) is 4.72. The van der Waals surface area contributed by atoms with E-state index in [1.54, 1.807) is 18.3 Å². The Morgan fingerprint density at radius 2 is 1.62 bits per heavy atom. The Morgan fingerprint density at radius 1 is 0.958 bits per heavy atom. The normalized spacial score (nSPS) is 11.9. The van der Waals surface area contributed by atoms with E-state index in [1.165, 1.54) is 11.8 Å². The second kappa shape index (κ2) is 7.51. The van der Waals surface area contributed by atoms with Gasteiger partial charge in [-0.3, -0.25) is 4.79 Å². The minimum atomic E-state index is -0.478. The van der Waals surface area contributed by atoms with Crippen molar-refractivity contribution in [2.45, 2.75) is 10.3 Å². The van der Waals surface area contributed by atoms with Crippen molar-refractivity contribution in [3.8, 4) is 0 Å². The van der Waals surface area contributed by atoms with Crippen molar-refractivity contribution in [3.05, 3.63) is 94.6 Å². The first-order valence-electron chi connectivity index (χ1n) is 7.37. The highest BCUT2D eigenvalue weighted by Gasteiger charge is 2.19. The molecule has 3 aromatic rings. The van der Waals surface area contributed by atoms with Gasteiger partial charge >= 0.3 is 0 Å². The largest absolute Gasteiger partial charge is 0.366 e. The molecule has 1 amide bonds. The van der Waals surface area contributed by atoms with E-state index < -0.39 is 5.91 Å². The molecule has 0 saturated heterocycles. The van der Waals surface area contributed by atoms with Crippen molar-refractivity contribution >= 4 is 29.3 Å². The summed E-state index contributed by atoms with van der Waals surface area (Å²) in [5.74, 6) is -0.478. The quantitative estimate of drug-likeness (QED) is 0.675. The molecule has 0 unspecified atom stereocenters. The lowest BCUT2D eigenvalue weighted by molar-refractivity contribution is 0.0997. The van der Waals surface area contributed by atoms with Crippen molar-refractivity contribution in [2.75, 3.05) is 0 Å². The highest BCUT2D eigenvalue weighted by atomic mass is 35.5. The monoisotopic (exact) mass is 354 g/mol. The van der Waals surface area contributed by atoms with Crippen LogP contribution in [-0.4, -0.2) is 10.9 Å². The summed E-state index contributed by atoms with van der Waals surface area (Å²) in [7, 11) is 0. The van der Waals surface area contributed by atoms with Gasteiger partial charge in [-0.2, -0.15) is 0 Å². The number of benzene rings is 2. The van der Waals surface area contributed by atoms with Gasteiger partial charge in [-0.05, 0) is 35.4 Å². The number of thioether (sulfide) groups is 1. The van der Waals surface area contributed by atoms with E-state index in [-0.39, 0.29) is 5.25 Å². The molecule has 1 aromatic heterocycles. The van der Waals surface area contributed by atoms with Gasteiger partial charge in [0.2, 0.25) is 0 Å². The van der Waals surface area contributed by atoms with Crippen LogP contribution in [0.3, 0.4) is 0 Å². The first kappa shape index (κ1) is 16.6. The fourth-order valence-electron chi connectivity index (χ4n) is 2.38.